The van der Waals surface area contributed by atoms with Crippen molar-refractivity contribution in [3.8, 4) is 11.6 Å². The van der Waals surface area contributed by atoms with Crippen LogP contribution in [0.5, 0.6) is 11.6 Å². The van der Waals surface area contributed by atoms with Crippen molar-refractivity contribution in [3.63, 3.8) is 0 Å². The molecule has 0 saturated heterocycles. The Morgan fingerprint density at radius 2 is 2.23 bits per heavy atom. The molecule has 0 fully saturated rings. The third-order valence-corrected chi connectivity index (χ3v) is 1.27. The molecule has 0 saturated carbocycles. The van der Waals surface area contributed by atoms with E-state index < -0.39 is 0 Å². The average molecular weight is 181 g/mol. The van der Waals surface area contributed by atoms with Crippen molar-refractivity contribution in [2.24, 2.45) is 4.99 Å². The predicted molar refractivity (Wildman–Crippen MR) is 42.9 cm³/mol. The molecule has 0 aromatic carbocycles. The van der Waals surface area contributed by atoms with Crippen molar-refractivity contribution in [2.45, 2.75) is 0 Å². The third kappa shape index (κ3) is 2.00. The lowest BCUT2D eigenvalue weighted by atomic mass is 10.5. The summed E-state index contributed by atoms with van der Waals surface area (Å²) in [5, 5.41) is 0. The maximum absolute atomic E-state index is 9.88. The van der Waals surface area contributed by atoms with E-state index in [2.05, 4.69) is 15.0 Å². The number of methoxy groups -OCH3 is 2. The summed E-state index contributed by atoms with van der Waals surface area (Å²) in [6.45, 7) is 0. The fourth-order valence-corrected chi connectivity index (χ4v) is 0.727. The SMILES string of the molecule is COc1cnc(N=C=O)nc1OC. The molecule has 0 bridgehead atoms. The van der Waals surface area contributed by atoms with Crippen LogP contribution in [0.2, 0.25) is 0 Å². The van der Waals surface area contributed by atoms with Crippen LogP contribution in [0, 0.1) is 0 Å². The largest absolute Gasteiger partial charge is 0.490 e. The Labute approximate surface area is 74.2 Å². The van der Waals surface area contributed by atoms with Crippen LogP contribution in [0.15, 0.2) is 11.2 Å². The molecule has 6 heteroatoms. The molecule has 13 heavy (non-hydrogen) atoms. The van der Waals surface area contributed by atoms with Crippen molar-refractivity contribution in [1.29, 1.82) is 0 Å². The maximum atomic E-state index is 9.88. The molecular weight excluding hydrogens is 174 g/mol. The van der Waals surface area contributed by atoms with E-state index in [1.165, 1.54) is 26.5 Å². The van der Waals surface area contributed by atoms with Gasteiger partial charge in [0, 0.05) is 0 Å². The Kier molecular flexibility index (Phi) is 2.94. The van der Waals surface area contributed by atoms with Gasteiger partial charge in [-0.1, -0.05) is 0 Å². The molecular formula is C7H7N3O3. The van der Waals surface area contributed by atoms with Crippen LogP contribution >= 0.6 is 0 Å². The van der Waals surface area contributed by atoms with Gasteiger partial charge in [0.25, 0.3) is 11.8 Å². The Morgan fingerprint density at radius 3 is 2.77 bits per heavy atom. The summed E-state index contributed by atoms with van der Waals surface area (Å²) in [5.74, 6) is 0.603. The minimum atomic E-state index is -0.00681. The van der Waals surface area contributed by atoms with E-state index in [1.54, 1.807) is 0 Å². The highest BCUT2D eigenvalue weighted by molar-refractivity contribution is 5.43. The quantitative estimate of drug-likeness (QED) is 0.500. The van der Waals surface area contributed by atoms with E-state index >= 15 is 0 Å². The highest BCUT2D eigenvalue weighted by atomic mass is 16.5. The highest BCUT2D eigenvalue weighted by Crippen LogP contribution is 2.24. The molecule has 0 N–H and O–H groups in total. The molecule has 1 rings (SSSR count). The van der Waals surface area contributed by atoms with E-state index in [4.69, 9.17) is 9.47 Å². The van der Waals surface area contributed by atoms with Crippen molar-refractivity contribution >= 4 is 12.0 Å². The van der Waals surface area contributed by atoms with Gasteiger partial charge in [-0.2, -0.15) is 4.98 Å². The zero-order chi connectivity index (χ0) is 9.68. The molecule has 0 spiro atoms. The molecule has 0 radical (unpaired) electrons. The van der Waals surface area contributed by atoms with Crippen molar-refractivity contribution in [3.05, 3.63) is 6.20 Å². The van der Waals surface area contributed by atoms with Crippen LogP contribution in [-0.4, -0.2) is 30.3 Å². The van der Waals surface area contributed by atoms with Gasteiger partial charge in [0.1, 0.15) is 0 Å². The standard InChI is InChI=1S/C7H7N3O3/c1-12-5-3-8-7(9-4-11)10-6(5)13-2/h3H,1-2H3. The van der Waals surface area contributed by atoms with Crippen LogP contribution in [-0.2, 0) is 4.79 Å². The Hall–Kier alpha value is -1.94. The summed E-state index contributed by atoms with van der Waals surface area (Å²) in [7, 11) is 2.89. The monoisotopic (exact) mass is 181 g/mol. The van der Waals surface area contributed by atoms with Crippen molar-refractivity contribution < 1.29 is 14.3 Å². The Morgan fingerprint density at radius 1 is 1.46 bits per heavy atom. The summed E-state index contributed by atoms with van der Waals surface area (Å²) in [6, 6.07) is 0. The second kappa shape index (κ2) is 4.18. The van der Waals surface area contributed by atoms with Crippen molar-refractivity contribution in [2.75, 3.05) is 14.2 Å². The maximum Gasteiger partial charge on any atom is 0.263 e. The number of aromatic nitrogens is 2. The van der Waals surface area contributed by atoms with E-state index in [-0.39, 0.29) is 11.8 Å². The van der Waals surface area contributed by atoms with Gasteiger partial charge in [-0.05, 0) is 0 Å². The van der Waals surface area contributed by atoms with E-state index in [1.807, 2.05) is 0 Å². The lowest BCUT2D eigenvalue weighted by Crippen LogP contribution is -1.94. The minimum absolute atomic E-state index is 0.00681. The first-order valence-corrected chi connectivity index (χ1v) is 3.34. The smallest absolute Gasteiger partial charge is 0.263 e. The fraction of sp³-hybridized carbons (Fsp3) is 0.286. The molecule has 0 aliphatic rings. The van der Waals surface area contributed by atoms with Crippen LogP contribution in [0.4, 0.5) is 5.95 Å². The lowest BCUT2D eigenvalue weighted by Gasteiger charge is -2.04. The zero-order valence-corrected chi connectivity index (χ0v) is 7.14. The van der Waals surface area contributed by atoms with Gasteiger partial charge >= 0.3 is 0 Å². The van der Waals surface area contributed by atoms with Gasteiger partial charge < -0.3 is 9.47 Å². The molecule has 0 amide bonds. The van der Waals surface area contributed by atoms with E-state index in [0.717, 1.165) is 0 Å². The number of carbonyl (C=O) groups excluding carboxylic acids is 1. The molecule has 0 aliphatic carbocycles. The molecule has 0 unspecified atom stereocenters. The minimum Gasteiger partial charge on any atom is -0.490 e. The summed E-state index contributed by atoms with van der Waals surface area (Å²) in [5.41, 5.74) is 0. The van der Waals surface area contributed by atoms with Crippen LogP contribution in [0.25, 0.3) is 0 Å². The first kappa shape index (κ1) is 9.15. The lowest BCUT2D eigenvalue weighted by molar-refractivity contribution is 0.341. The van der Waals surface area contributed by atoms with E-state index in [0.29, 0.717) is 5.75 Å². The van der Waals surface area contributed by atoms with Crippen molar-refractivity contribution in [1.82, 2.24) is 9.97 Å². The summed E-state index contributed by atoms with van der Waals surface area (Å²) >= 11 is 0. The van der Waals surface area contributed by atoms with Gasteiger partial charge in [-0.25, -0.2) is 9.78 Å². The number of ether oxygens (including phenoxy) is 2. The highest BCUT2D eigenvalue weighted by Gasteiger charge is 2.06. The van der Waals surface area contributed by atoms with E-state index in [9.17, 15) is 4.79 Å². The van der Waals surface area contributed by atoms with Gasteiger partial charge in [-0.15, -0.1) is 4.99 Å². The van der Waals surface area contributed by atoms with Crippen LogP contribution in [0.1, 0.15) is 0 Å². The van der Waals surface area contributed by atoms with Gasteiger partial charge in [0.2, 0.25) is 6.08 Å². The molecule has 68 valence electrons. The molecule has 1 aromatic heterocycles. The summed E-state index contributed by atoms with van der Waals surface area (Å²) < 4.78 is 9.74. The number of isocyanates is 1. The van der Waals surface area contributed by atoms with Gasteiger partial charge in [0.15, 0.2) is 5.75 Å². The first-order valence-electron chi connectivity index (χ1n) is 3.34. The number of aliphatic imine (C=N–C) groups is 1. The Balaban J connectivity index is 3.12. The normalized spacial score (nSPS) is 8.77. The Bertz CT molecular complexity index is 347. The molecule has 1 aromatic rings. The summed E-state index contributed by atoms with van der Waals surface area (Å²) in [6.07, 6.45) is 2.69. The molecule has 0 aliphatic heterocycles. The number of nitrogens with zero attached hydrogens (tertiary/aromatic N) is 3. The number of hydrogen-bond acceptors (Lipinski definition) is 6. The second-order valence-corrected chi connectivity index (χ2v) is 1.95. The number of rotatable bonds is 3. The average Bonchev–Trinajstić information content (AvgIpc) is 2.18. The third-order valence-electron chi connectivity index (χ3n) is 1.27. The topological polar surface area (TPSA) is 73.7 Å². The molecule has 0 atom stereocenters. The first-order chi connectivity index (χ1) is 6.31. The van der Waals surface area contributed by atoms with Gasteiger partial charge in [-0.3, -0.25) is 0 Å². The zero-order valence-electron chi connectivity index (χ0n) is 7.14. The molecule has 1 heterocycles. The van der Waals surface area contributed by atoms with Crippen LogP contribution in [0.3, 0.4) is 0 Å². The van der Waals surface area contributed by atoms with Gasteiger partial charge in [0.05, 0.1) is 20.4 Å². The van der Waals surface area contributed by atoms with Crippen LogP contribution < -0.4 is 9.47 Å². The predicted octanol–water partition coefficient (Wildman–Crippen LogP) is 0.461. The fourth-order valence-electron chi connectivity index (χ4n) is 0.727. The summed E-state index contributed by atoms with van der Waals surface area (Å²) in [4.78, 5) is 20.6. The number of hydrogen-bond donors (Lipinski definition) is 0. The molecule has 6 nitrogen and oxygen atoms in total. The second-order valence-electron chi connectivity index (χ2n) is 1.95.